The molecule has 0 unspecified atom stereocenters. The number of nitrogens with two attached hydrogens (primary N) is 1. The predicted octanol–water partition coefficient (Wildman–Crippen LogP) is 1.70. The molecule has 2 rings (SSSR count). The summed E-state index contributed by atoms with van der Waals surface area (Å²) in [7, 11) is 5.66. The SMILES string of the molecule is [B]/C(=C/c1ccc2cccnc2c1)CN. The summed E-state index contributed by atoms with van der Waals surface area (Å²) in [6.45, 7) is 0.375. The Hall–Kier alpha value is -1.61. The Morgan fingerprint density at radius 3 is 3.07 bits per heavy atom. The van der Waals surface area contributed by atoms with Crippen molar-refractivity contribution >= 4 is 24.8 Å². The summed E-state index contributed by atoms with van der Waals surface area (Å²) in [5, 5.41) is 1.13. The van der Waals surface area contributed by atoms with E-state index in [1.54, 1.807) is 6.20 Å². The number of fused-ring (bicyclic) bond motifs is 1. The molecule has 0 aliphatic heterocycles. The van der Waals surface area contributed by atoms with Crippen LogP contribution in [-0.2, 0) is 0 Å². The van der Waals surface area contributed by atoms with E-state index in [-0.39, 0.29) is 0 Å². The topological polar surface area (TPSA) is 38.9 Å². The minimum Gasteiger partial charge on any atom is -0.328 e. The van der Waals surface area contributed by atoms with Crippen LogP contribution in [0.2, 0.25) is 0 Å². The monoisotopic (exact) mass is 194 g/mol. The fourth-order valence-electron chi connectivity index (χ4n) is 1.45. The van der Waals surface area contributed by atoms with E-state index in [1.807, 2.05) is 36.4 Å². The van der Waals surface area contributed by atoms with Gasteiger partial charge >= 0.3 is 0 Å². The molecule has 2 radical (unpaired) electrons. The molecule has 0 aliphatic carbocycles. The molecule has 0 spiro atoms. The van der Waals surface area contributed by atoms with Gasteiger partial charge < -0.3 is 5.73 Å². The summed E-state index contributed by atoms with van der Waals surface area (Å²) in [6, 6.07) is 9.98. The maximum absolute atomic E-state index is 5.66. The quantitative estimate of drug-likeness (QED) is 0.739. The highest BCUT2D eigenvalue weighted by Crippen LogP contribution is 2.14. The number of hydrogen-bond acceptors (Lipinski definition) is 2. The molecule has 1 heterocycles. The molecule has 15 heavy (non-hydrogen) atoms. The second-order valence-corrected chi connectivity index (χ2v) is 3.38. The van der Waals surface area contributed by atoms with Crippen LogP contribution in [0.1, 0.15) is 5.56 Å². The van der Waals surface area contributed by atoms with Crippen LogP contribution >= 0.6 is 0 Å². The third-order valence-electron chi connectivity index (χ3n) is 2.22. The third-order valence-corrected chi connectivity index (χ3v) is 2.22. The van der Waals surface area contributed by atoms with Gasteiger partial charge in [0.05, 0.1) is 5.52 Å². The lowest BCUT2D eigenvalue weighted by atomic mass is 9.93. The van der Waals surface area contributed by atoms with Crippen molar-refractivity contribution in [3.63, 3.8) is 0 Å². The van der Waals surface area contributed by atoms with Gasteiger partial charge in [0.15, 0.2) is 0 Å². The molecule has 2 N–H and O–H groups in total. The maximum Gasteiger partial charge on any atom is 0.109 e. The second kappa shape index (κ2) is 4.28. The molecule has 1 aromatic carbocycles. The first kappa shape index (κ1) is 9.93. The highest BCUT2D eigenvalue weighted by atomic mass is 14.6. The number of rotatable bonds is 2. The normalized spacial score (nSPS) is 11.9. The summed E-state index contributed by atoms with van der Waals surface area (Å²) in [6.07, 6.45) is 3.65. The van der Waals surface area contributed by atoms with E-state index in [4.69, 9.17) is 13.6 Å². The minimum absolute atomic E-state index is 0.375. The van der Waals surface area contributed by atoms with Gasteiger partial charge in [0.25, 0.3) is 0 Å². The summed E-state index contributed by atoms with van der Waals surface area (Å²) in [5.74, 6) is 0. The molecule has 0 bridgehead atoms. The molecule has 2 nitrogen and oxygen atoms in total. The summed E-state index contributed by atoms with van der Waals surface area (Å²) < 4.78 is 0. The number of aromatic nitrogens is 1. The van der Waals surface area contributed by atoms with Crippen LogP contribution < -0.4 is 5.73 Å². The Morgan fingerprint density at radius 2 is 2.27 bits per heavy atom. The minimum atomic E-state index is 0.375. The molecule has 1 aromatic heterocycles. The Balaban J connectivity index is 2.47. The maximum atomic E-state index is 5.66. The van der Waals surface area contributed by atoms with Crippen LogP contribution in [0.15, 0.2) is 42.0 Å². The Labute approximate surface area is 90.2 Å². The van der Waals surface area contributed by atoms with Gasteiger partial charge in [-0.25, -0.2) is 0 Å². The largest absolute Gasteiger partial charge is 0.328 e. The standard InChI is InChI=1S/C12H11BN2/c13-11(8-14)6-9-3-4-10-2-1-5-15-12(10)7-9/h1-7H,8,14H2/b11-6+. The molecule has 0 saturated carbocycles. The molecule has 0 saturated heterocycles. The van der Waals surface area contributed by atoms with E-state index in [2.05, 4.69) is 4.98 Å². The first-order valence-corrected chi connectivity index (χ1v) is 4.80. The van der Waals surface area contributed by atoms with Crippen molar-refractivity contribution in [1.82, 2.24) is 4.98 Å². The van der Waals surface area contributed by atoms with Crippen LogP contribution in [0.3, 0.4) is 0 Å². The molecule has 0 amide bonds. The van der Waals surface area contributed by atoms with Crippen molar-refractivity contribution in [2.24, 2.45) is 5.73 Å². The van der Waals surface area contributed by atoms with Crippen molar-refractivity contribution in [3.05, 3.63) is 47.6 Å². The van der Waals surface area contributed by atoms with Crippen LogP contribution in [0, 0.1) is 0 Å². The molecule has 72 valence electrons. The third kappa shape index (κ3) is 2.25. The van der Waals surface area contributed by atoms with Crippen molar-refractivity contribution < 1.29 is 0 Å². The lowest BCUT2D eigenvalue weighted by molar-refractivity contribution is 1.24. The zero-order valence-corrected chi connectivity index (χ0v) is 8.35. The lowest BCUT2D eigenvalue weighted by Gasteiger charge is -2.00. The molecular weight excluding hydrogens is 183 g/mol. The smallest absolute Gasteiger partial charge is 0.109 e. The second-order valence-electron chi connectivity index (χ2n) is 3.38. The van der Waals surface area contributed by atoms with Gasteiger partial charge in [0, 0.05) is 18.1 Å². The lowest BCUT2D eigenvalue weighted by Crippen LogP contribution is -2.02. The van der Waals surface area contributed by atoms with E-state index < -0.39 is 0 Å². The van der Waals surface area contributed by atoms with Gasteiger partial charge in [-0.2, -0.15) is 0 Å². The zero-order valence-electron chi connectivity index (χ0n) is 8.35. The fourth-order valence-corrected chi connectivity index (χ4v) is 1.45. The van der Waals surface area contributed by atoms with E-state index >= 15 is 0 Å². The first-order chi connectivity index (χ1) is 7.29. The number of nitrogens with zero attached hydrogens (tertiary/aromatic N) is 1. The Kier molecular flexibility index (Phi) is 2.83. The average molecular weight is 194 g/mol. The van der Waals surface area contributed by atoms with Gasteiger partial charge in [-0.05, 0) is 17.7 Å². The summed E-state index contributed by atoms with van der Waals surface area (Å²) in [5.41, 5.74) is 8.10. The van der Waals surface area contributed by atoms with Crippen LogP contribution in [-0.4, -0.2) is 19.4 Å². The Morgan fingerprint density at radius 1 is 1.40 bits per heavy atom. The van der Waals surface area contributed by atoms with E-state index in [0.717, 1.165) is 16.5 Å². The van der Waals surface area contributed by atoms with Crippen LogP contribution in [0.5, 0.6) is 0 Å². The van der Waals surface area contributed by atoms with E-state index in [9.17, 15) is 0 Å². The van der Waals surface area contributed by atoms with Crippen LogP contribution in [0.25, 0.3) is 17.0 Å². The molecule has 0 atom stereocenters. The number of benzene rings is 1. The van der Waals surface area contributed by atoms with Crippen molar-refractivity contribution in [1.29, 1.82) is 0 Å². The highest BCUT2D eigenvalue weighted by Gasteiger charge is 1.94. The highest BCUT2D eigenvalue weighted by molar-refractivity contribution is 6.24. The first-order valence-electron chi connectivity index (χ1n) is 4.80. The predicted molar refractivity (Wildman–Crippen MR) is 64.5 cm³/mol. The van der Waals surface area contributed by atoms with Gasteiger partial charge in [-0.3, -0.25) is 4.98 Å². The average Bonchev–Trinajstić information content (AvgIpc) is 2.29. The number of hydrogen-bond donors (Lipinski definition) is 1. The summed E-state index contributed by atoms with van der Waals surface area (Å²) in [4.78, 5) is 4.27. The number of pyridine rings is 1. The molecule has 0 aliphatic rings. The molecule has 3 heteroatoms. The van der Waals surface area contributed by atoms with Gasteiger partial charge in [-0.1, -0.05) is 24.3 Å². The fraction of sp³-hybridized carbons (Fsp3) is 0.0833. The molecule has 2 aromatic rings. The van der Waals surface area contributed by atoms with Crippen molar-refractivity contribution in [2.45, 2.75) is 0 Å². The van der Waals surface area contributed by atoms with Gasteiger partial charge in [0.2, 0.25) is 0 Å². The van der Waals surface area contributed by atoms with Gasteiger partial charge in [0.1, 0.15) is 7.85 Å². The zero-order chi connectivity index (χ0) is 10.7. The molecular formula is C12H11BN2. The summed E-state index contributed by atoms with van der Waals surface area (Å²) >= 11 is 0. The molecule has 0 fully saturated rings. The Bertz CT molecular complexity index is 506. The van der Waals surface area contributed by atoms with Crippen LogP contribution in [0.4, 0.5) is 0 Å². The van der Waals surface area contributed by atoms with Gasteiger partial charge in [-0.15, -0.1) is 5.47 Å². The van der Waals surface area contributed by atoms with Crippen molar-refractivity contribution in [3.8, 4) is 0 Å². The van der Waals surface area contributed by atoms with E-state index in [0.29, 0.717) is 12.0 Å². The van der Waals surface area contributed by atoms with E-state index in [1.165, 1.54) is 0 Å². The van der Waals surface area contributed by atoms with Crippen molar-refractivity contribution in [2.75, 3.05) is 6.54 Å².